The molecule has 0 saturated carbocycles. The molecule has 3 heterocycles. The highest BCUT2D eigenvalue weighted by molar-refractivity contribution is 6.31. The Hall–Kier alpha value is -3.71. The zero-order valence-corrected chi connectivity index (χ0v) is 16.7. The van der Waals surface area contributed by atoms with Crippen LogP contribution in [0.2, 0.25) is 5.02 Å². The first kappa shape index (κ1) is 18.3. The minimum atomic E-state index is -0.297. The lowest BCUT2D eigenvalue weighted by Crippen LogP contribution is -2.27. The summed E-state index contributed by atoms with van der Waals surface area (Å²) in [4.78, 5) is 24.4. The molecule has 2 aromatic carbocycles. The summed E-state index contributed by atoms with van der Waals surface area (Å²) in [6.45, 7) is 1.89. The van der Waals surface area contributed by atoms with Gasteiger partial charge in [-0.2, -0.15) is 5.10 Å². The van der Waals surface area contributed by atoms with Crippen LogP contribution in [-0.4, -0.2) is 31.1 Å². The van der Waals surface area contributed by atoms with E-state index in [1.807, 2.05) is 49.4 Å². The molecule has 0 saturated heterocycles. The largest absolute Gasteiger partial charge is 0.343 e. The molecule has 30 heavy (non-hydrogen) atoms. The normalized spacial score (nSPS) is 12.3. The van der Waals surface area contributed by atoms with Gasteiger partial charge in [0.1, 0.15) is 5.69 Å². The minimum absolute atomic E-state index is 0.245. The molecule has 0 radical (unpaired) electrons. The first-order valence-electron chi connectivity index (χ1n) is 9.43. The topological polar surface area (TPSA) is 99.3 Å². The molecule has 0 spiro atoms. The number of halogens is 1. The molecule has 3 N–H and O–H groups in total. The van der Waals surface area contributed by atoms with E-state index < -0.39 is 0 Å². The van der Waals surface area contributed by atoms with Crippen LogP contribution in [-0.2, 0) is 0 Å². The van der Waals surface area contributed by atoms with E-state index in [9.17, 15) is 4.79 Å². The predicted octanol–water partition coefficient (Wildman–Crippen LogP) is 4.65. The third kappa shape index (κ3) is 3.19. The second-order valence-corrected chi connectivity index (χ2v) is 7.43. The van der Waals surface area contributed by atoms with Crippen LogP contribution >= 0.6 is 11.6 Å². The fourth-order valence-electron chi connectivity index (χ4n) is 3.53. The smallest absolute Gasteiger partial charge is 0.287 e. The van der Waals surface area contributed by atoms with Crippen LogP contribution in [0.25, 0.3) is 33.2 Å². The molecule has 5 rings (SSSR count). The summed E-state index contributed by atoms with van der Waals surface area (Å²) < 4.78 is 0. The number of H-pyrrole nitrogens is 2. The Balaban J connectivity index is 1.47. The fraction of sp³-hybridized carbons (Fsp3) is 0.0909. The van der Waals surface area contributed by atoms with Crippen molar-refractivity contribution in [2.24, 2.45) is 0 Å². The molecule has 8 heteroatoms. The molecule has 1 atom stereocenters. The number of carbonyl (C=O) groups is 1. The van der Waals surface area contributed by atoms with Crippen LogP contribution in [0.3, 0.4) is 0 Å². The minimum Gasteiger partial charge on any atom is -0.343 e. The summed E-state index contributed by atoms with van der Waals surface area (Å²) in [7, 11) is 0. The number of aromatic amines is 2. The molecule has 0 aliphatic rings. The van der Waals surface area contributed by atoms with Crippen LogP contribution < -0.4 is 5.32 Å². The van der Waals surface area contributed by atoms with E-state index in [-0.39, 0.29) is 17.8 Å². The average molecular weight is 417 g/mol. The maximum Gasteiger partial charge on any atom is 0.287 e. The second-order valence-electron chi connectivity index (χ2n) is 7.03. The van der Waals surface area contributed by atoms with Gasteiger partial charge in [-0.3, -0.25) is 14.9 Å². The monoisotopic (exact) mass is 416 g/mol. The first-order chi connectivity index (χ1) is 14.6. The van der Waals surface area contributed by atoms with Crippen molar-refractivity contribution in [2.45, 2.75) is 13.0 Å². The van der Waals surface area contributed by atoms with Crippen LogP contribution in [0, 0.1) is 0 Å². The summed E-state index contributed by atoms with van der Waals surface area (Å²) in [5.74, 6) is -0.0512. The van der Waals surface area contributed by atoms with Crippen molar-refractivity contribution in [1.29, 1.82) is 0 Å². The number of fused-ring (bicyclic) bond motifs is 2. The zero-order chi connectivity index (χ0) is 20.7. The molecule has 7 nitrogen and oxygen atoms in total. The standard InChI is InChI=1S/C22H17ClN6O/c1-12(14-4-2-3-5-16(14)23)25-22(30)21-26-18-10-15-17(11-19(18)27-21)28-29-20(15)13-6-8-24-9-7-13/h2-12H,1H3,(H,25,30)(H,26,27)(H,28,29)/t12-/m1/s1. The van der Waals surface area contributed by atoms with Gasteiger partial charge in [-0.25, -0.2) is 4.98 Å². The summed E-state index contributed by atoms with van der Waals surface area (Å²) in [5, 5.41) is 11.9. The lowest BCUT2D eigenvalue weighted by molar-refractivity contribution is 0.0930. The van der Waals surface area contributed by atoms with E-state index in [0.29, 0.717) is 10.5 Å². The Morgan fingerprint density at radius 2 is 1.90 bits per heavy atom. The van der Waals surface area contributed by atoms with Gasteiger partial charge in [0.05, 0.1) is 22.6 Å². The predicted molar refractivity (Wildman–Crippen MR) is 116 cm³/mol. The number of carbonyl (C=O) groups excluding carboxylic acids is 1. The highest BCUT2D eigenvalue weighted by Crippen LogP contribution is 2.29. The summed E-state index contributed by atoms with van der Waals surface area (Å²) in [5.41, 5.74) is 4.92. The van der Waals surface area contributed by atoms with Crippen LogP contribution in [0.5, 0.6) is 0 Å². The lowest BCUT2D eigenvalue weighted by atomic mass is 10.1. The summed E-state index contributed by atoms with van der Waals surface area (Å²) >= 11 is 6.24. The van der Waals surface area contributed by atoms with Gasteiger partial charge in [-0.1, -0.05) is 29.8 Å². The maximum atomic E-state index is 12.8. The van der Waals surface area contributed by atoms with E-state index in [1.165, 1.54) is 0 Å². The van der Waals surface area contributed by atoms with Gasteiger partial charge in [-0.05, 0) is 42.8 Å². The molecule has 1 amide bonds. The van der Waals surface area contributed by atoms with Crippen molar-refractivity contribution in [2.75, 3.05) is 0 Å². The Kier molecular flexibility index (Phi) is 4.44. The van der Waals surface area contributed by atoms with E-state index in [2.05, 4.69) is 30.5 Å². The van der Waals surface area contributed by atoms with Crippen molar-refractivity contribution < 1.29 is 4.79 Å². The fourth-order valence-corrected chi connectivity index (χ4v) is 3.83. The van der Waals surface area contributed by atoms with Gasteiger partial charge in [0.25, 0.3) is 5.91 Å². The Morgan fingerprint density at radius 3 is 2.70 bits per heavy atom. The van der Waals surface area contributed by atoms with Gasteiger partial charge >= 0.3 is 0 Å². The SMILES string of the molecule is C[C@@H](NC(=O)c1nc2cc3c(-c4ccncc4)n[nH]c3cc2[nH]1)c1ccccc1Cl. The lowest BCUT2D eigenvalue weighted by Gasteiger charge is -2.14. The van der Waals surface area contributed by atoms with E-state index >= 15 is 0 Å². The number of rotatable bonds is 4. The van der Waals surface area contributed by atoms with Gasteiger partial charge in [-0.15, -0.1) is 0 Å². The number of amides is 1. The van der Waals surface area contributed by atoms with Crippen molar-refractivity contribution in [3.05, 3.63) is 77.3 Å². The molecule has 3 aromatic heterocycles. The Morgan fingerprint density at radius 1 is 1.10 bits per heavy atom. The van der Waals surface area contributed by atoms with Crippen molar-refractivity contribution in [1.82, 2.24) is 30.5 Å². The molecule has 0 aliphatic heterocycles. The third-order valence-corrected chi connectivity index (χ3v) is 5.40. The highest BCUT2D eigenvalue weighted by atomic mass is 35.5. The van der Waals surface area contributed by atoms with Crippen LogP contribution in [0.1, 0.15) is 29.1 Å². The number of pyridine rings is 1. The van der Waals surface area contributed by atoms with Crippen molar-refractivity contribution in [3.63, 3.8) is 0 Å². The number of nitrogens with one attached hydrogen (secondary N) is 3. The van der Waals surface area contributed by atoms with Gasteiger partial charge in [0.2, 0.25) is 0 Å². The summed E-state index contributed by atoms with van der Waals surface area (Å²) in [6.07, 6.45) is 3.46. The maximum absolute atomic E-state index is 12.8. The Labute approximate surface area is 176 Å². The van der Waals surface area contributed by atoms with E-state index in [1.54, 1.807) is 18.5 Å². The van der Waals surface area contributed by atoms with Gasteiger partial charge < -0.3 is 10.3 Å². The first-order valence-corrected chi connectivity index (χ1v) is 9.81. The summed E-state index contributed by atoms with van der Waals surface area (Å²) in [6, 6.07) is 14.8. The molecule has 0 bridgehead atoms. The van der Waals surface area contributed by atoms with Crippen molar-refractivity contribution >= 4 is 39.4 Å². The average Bonchev–Trinajstić information content (AvgIpc) is 3.36. The molecule has 0 fully saturated rings. The molecule has 5 aromatic rings. The molecular weight excluding hydrogens is 400 g/mol. The second kappa shape index (κ2) is 7.27. The Bertz CT molecular complexity index is 1370. The van der Waals surface area contributed by atoms with Crippen LogP contribution in [0.4, 0.5) is 0 Å². The number of hydrogen-bond donors (Lipinski definition) is 3. The van der Waals surface area contributed by atoms with Gasteiger partial charge in [0, 0.05) is 28.4 Å². The number of hydrogen-bond acceptors (Lipinski definition) is 4. The van der Waals surface area contributed by atoms with Crippen LogP contribution in [0.15, 0.2) is 60.9 Å². The number of aromatic nitrogens is 5. The molecular formula is C22H17ClN6O. The highest BCUT2D eigenvalue weighted by Gasteiger charge is 2.18. The van der Waals surface area contributed by atoms with E-state index in [0.717, 1.165) is 33.2 Å². The molecule has 0 unspecified atom stereocenters. The number of benzene rings is 2. The number of nitrogens with zero attached hydrogens (tertiary/aromatic N) is 3. The van der Waals surface area contributed by atoms with Crippen molar-refractivity contribution in [3.8, 4) is 11.3 Å². The molecule has 148 valence electrons. The quantitative estimate of drug-likeness (QED) is 0.397. The van der Waals surface area contributed by atoms with E-state index in [4.69, 9.17) is 11.6 Å². The third-order valence-electron chi connectivity index (χ3n) is 5.05. The zero-order valence-electron chi connectivity index (χ0n) is 16.0. The number of imidazole rings is 1. The molecule has 0 aliphatic carbocycles. The van der Waals surface area contributed by atoms with Gasteiger partial charge in [0.15, 0.2) is 5.82 Å².